The Morgan fingerprint density at radius 2 is 2.05 bits per heavy atom. The predicted molar refractivity (Wildman–Crippen MR) is 84.2 cm³/mol. The molecule has 1 rings (SSSR count). The van der Waals surface area contributed by atoms with Gasteiger partial charge in [-0.05, 0) is 52.4 Å². The number of sulfonamides is 1. The Morgan fingerprint density at radius 1 is 1.33 bits per heavy atom. The number of hydrazine groups is 1. The smallest absolute Gasteiger partial charge is 0.242 e. The molecule has 0 aromatic carbocycles. The Labute approximate surface area is 127 Å². The Morgan fingerprint density at radius 3 is 2.57 bits per heavy atom. The third kappa shape index (κ3) is 5.96. The second-order valence-electron chi connectivity index (χ2n) is 5.20. The fraction of sp³-hybridized carbons (Fsp3) is 0.615. The second-order valence-corrected chi connectivity index (χ2v) is 6.97. The maximum Gasteiger partial charge on any atom is 0.242 e. The summed E-state index contributed by atoms with van der Waals surface area (Å²) in [4.78, 5) is 6.26. The largest absolute Gasteiger partial charge is 0.308 e. The van der Waals surface area contributed by atoms with Gasteiger partial charge in [0.05, 0.1) is 0 Å². The number of rotatable bonds is 9. The van der Waals surface area contributed by atoms with E-state index in [4.69, 9.17) is 5.84 Å². The van der Waals surface area contributed by atoms with Crippen molar-refractivity contribution in [1.29, 1.82) is 0 Å². The molecule has 1 aromatic heterocycles. The van der Waals surface area contributed by atoms with Gasteiger partial charge < -0.3 is 10.3 Å². The molecule has 1 aromatic rings. The van der Waals surface area contributed by atoms with Gasteiger partial charge in [0.1, 0.15) is 10.7 Å². The summed E-state index contributed by atoms with van der Waals surface area (Å²) in [6.45, 7) is 5.65. The van der Waals surface area contributed by atoms with Gasteiger partial charge in [-0.15, -0.1) is 0 Å². The Balaban J connectivity index is 2.39. The molecular formula is C13H25N5O2S. The van der Waals surface area contributed by atoms with Gasteiger partial charge in [-0.3, -0.25) is 0 Å². The lowest BCUT2D eigenvalue weighted by Crippen LogP contribution is -2.29. The number of nitrogens with two attached hydrogens (primary N) is 1. The zero-order valence-electron chi connectivity index (χ0n) is 12.8. The molecule has 0 aliphatic carbocycles. The monoisotopic (exact) mass is 315 g/mol. The maximum atomic E-state index is 12.0. The van der Waals surface area contributed by atoms with Crippen LogP contribution < -0.4 is 16.0 Å². The maximum absolute atomic E-state index is 12.0. The first-order chi connectivity index (χ1) is 9.86. The van der Waals surface area contributed by atoms with E-state index >= 15 is 0 Å². The highest BCUT2D eigenvalue weighted by Gasteiger charge is 2.13. The van der Waals surface area contributed by atoms with Crippen LogP contribution in [0.25, 0.3) is 0 Å². The lowest BCUT2D eigenvalue weighted by atomic mass is 10.2. The molecule has 0 aliphatic heterocycles. The number of hydrogen-bond donors (Lipinski definition) is 3. The van der Waals surface area contributed by atoms with E-state index in [0.717, 1.165) is 19.4 Å². The van der Waals surface area contributed by atoms with Crippen molar-refractivity contribution < 1.29 is 8.42 Å². The minimum absolute atomic E-state index is 0.140. The second kappa shape index (κ2) is 8.28. The molecule has 0 atom stereocenters. The summed E-state index contributed by atoms with van der Waals surface area (Å²) >= 11 is 0. The lowest BCUT2D eigenvalue weighted by Gasteiger charge is -2.20. The molecule has 0 unspecified atom stereocenters. The summed E-state index contributed by atoms with van der Waals surface area (Å²) in [6, 6.07) is 3.49. The Kier molecular flexibility index (Phi) is 7.03. The van der Waals surface area contributed by atoms with E-state index in [-0.39, 0.29) is 4.90 Å². The normalized spacial score (nSPS) is 12.1. The van der Waals surface area contributed by atoms with Crippen molar-refractivity contribution in [2.45, 2.75) is 37.6 Å². The van der Waals surface area contributed by atoms with Crippen molar-refractivity contribution in [3.63, 3.8) is 0 Å². The van der Waals surface area contributed by atoms with E-state index in [9.17, 15) is 8.42 Å². The molecule has 0 saturated heterocycles. The zero-order chi connectivity index (χ0) is 15.9. The van der Waals surface area contributed by atoms with Crippen LogP contribution in [0.4, 0.5) is 5.82 Å². The number of unbranched alkanes of at least 4 members (excludes halogenated alkanes) is 1. The van der Waals surface area contributed by atoms with Crippen molar-refractivity contribution in [1.82, 2.24) is 14.6 Å². The van der Waals surface area contributed by atoms with Gasteiger partial charge in [-0.25, -0.2) is 24.0 Å². The van der Waals surface area contributed by atoms with E-state index in [1.165, 1.54) is 18.3 Å². The SMILES string of the molecule is CC(C)N(C)CCCCNS(=O)(=O)c1ccc(NN)nc1. The number of pyridine rings is 1. The molecule has 8 heteroatoms. The minimum atomic E-state index is -3.50. The van der Waals surface area contributed by atoms with Gasteiger partial charge in [-0.1, -0.05) is 0 Å². The van der Waals surface area contributed by atoms with Crippen LogP contribution in [0, 0.1) is 0 Å². The summed E-state index contributed by atoms with van der Waals surface area (Å²) in [7, 11) is -1.43. The summed E-state index contributed by atoms with van der Waals surface area (Å²) in [5, 5.41) is 0. The Bertz CT molecular complexity index is 516. The summed E-state index contributed by atoms with van der Waals surface area (Å²) in [5.41, 5.74) is 2.35. The third-order valence-corrected chi connectivity index (χ3v) is 4.75. The molecule has 120 valence electrons. The van der Waals surface area contributed by atoms with E-state index in [1.54, 1.807) is 0 Å². The van der Waals surface area contributed by atoms with Gasteiger partial charge in [-0.2, -0.15) is 0 Å². The average Bonchev–Trinajstić information content (AvgIpc) is 2.46. The van der Waals surface area contributed by atoms with Crippen LogP contribution >= 0.6 is 0 Å². The summed E-state index contributed by atoms with van der Waals surface area (Å²) in [6.07, 6.45) is 3.03. The topological polar surface area (TPSA) is 100 Å². The van der Waals surface area contributed by atoms with Crippen molar-refractivity contribution >= 4 is 15.8 Å². The third-order valence-electron chi connectivity index (χ3n) is 3.31. The molecule has 1 heterocycles. The first-order valence-electron chi connectivity index (χ1n) is 6.99. The van der Waals surface area contributed by atoms with Gasteiger partial charge in [0.25, 0.3) is 0 Å². The number of nitrogens with zero attached hydrogens (tertiary/aromatic N) is 2. The molecular weight excluding hydrogens is 290 g/mol. The highest BCUT2D eigenvalue weighted by atomic mass is 32.2. The molecule has 0 amide bonds. The lowest BCUT2D eigenvalue weighted by molar-refractivity contribution is 0.268. The number of nitrogen functional groups attached to an aromatic ring is 1. The Hall–Kier alpha value is -1.22. The molecule has 7 nitrogen and oxygen atoms in total. The molecule has 0 spiro atoms. The predicted octanol–water partition coefficient (Wildman–Crippen LogP) is 0.766. The molecule has 0 aliphatic rings. The van der Waals surface area contributed by atoms with Crippen LogP contribution in [-0.4, -0.2) is 44.5 Å². The fourth-order valence-corrected chi connectivity index (χ4v) is 2.68. The highest BCUT2D eigenvalue weighted by Crippen LogP contribution is 2.09. The van der Waals surface area contributed by atoms with Gasteiger partial charge >= 0.3 is 0 Å². The van der Waals surface area contributed by atoms with Crippen molar-refractivity contribution in [2.24, 2.45) is 5.84 Å². The van der Waals surface area contributed by atoms with E-state index < -0.39 is 10.0 Å². The standard InChI is InChI=1S/C13H25N5O2S/c1-11(2)18(3)9-5-4-8-16-21(19,20)12-6-7-13(17-14)15-10-12/h6-7,10-11,16H,4-5,8-9,14H2,1-3H3,(H,15,17). The number of aromatic nitrogens is 1. The molecule has 21 heavy (non-hydrogen) atoms. The van der Waals surface area contributed by atoms with E-state index in [0.29, 0.717) is 18.4 Å². The fourth-order valence-electron chi connectivity index (χ4n) is 1.66. The quantitative estimate of drug-likeness (QED) is 0.353. The van der Waals surface area contributed by atoms with E-state index in [1.807, 2.05) is 0 Å². The molecule has 0 radical (unpaired) electrons. The van der Waals surface area contributed by atoms with Gasteiger partial charge in [0.15, 0.2) is 0 Å². The van der Waals surface area contributed by atoms with Crippen LogP contribution in [0.5, 0.6) is 0 Å². The zero-order valence-corrected chi connectivity index (χ0v) is 13.7. The molecule has 4 N–H and O–H groups in total. The van der Waals surface area contributed by atoms with Crippen molar-refractivity contribution in [2.75, 3.05) is 25.6 Å². The van der Waals surface area contributed by atoms with Gasteiger partial charge in [0.2, 0.25) is 10.0 Å². The minimum Gasteiger partial charge on any atom is -0.308 e. The first kappa shape index (κ1) is 17.8. The van der Waals surface area contributed by atoms with Crippen molar-refractivity contribution in [3.05, 3.63) is 18.3 Å². The summed E-state index contributed by atoms with van der Waals surface area (Å²) < 4.78 is 26.6. The van der Waals surface area contributed by atoms with Gasteiger partial charge in [0, 0.05) is 18.8 Å². The molecule has 0 bridgehead atoms. The van der Waals surface area contributed by atoms with Crippen molar-refractivity contribution in [3.8, 4) is 0 Å². The molecule has 0 fully saturated rings. The van der Waals surface area contributed by atoms with Crippen LogP contribution in [0.1, 0.15) is 26.7 Å². The van der Waals surface area contributed by atoms with Crippen LogP contribution in [0.15, 0.2) is 23.2 Å². The molecule has 0 saturated carbocycles. The summed E-state index contributed by atoms with van der Waals surface area (Å²) in [5.74, 6) is 5.61. The number of nitrogens with one attached hydrogen (secondary N) is 2. The average molecular weight is 315 g/mol. The number of anilines is 1. The van der Waals surface area contributed by atoms with Crippen LogP contribution in [-0.2, 0) is 10.0 Å². The van der Waals surface area contributed by atoms with Crippen LogP contribution in [0.2, 0.25) is 0 Å². The first-order valence-corrected chi connectivity index (χ1v) is 8.47. The van der Waals surface area contributed by atoms with E-state index in [2.05, 4.69) is 40.9 Å². The highest BCUT2D eigenvalue weighted by molar-refractivity contribution is 7.89. The van der Waals surface area contributed by atoms with Crippen LogP contribution in [0.3, 0.4) is 0 Å². The number of hydrogen-bond acceptors (Lipinski definition) is 6.